The maximum atomic E-state index is 11.9. The predicted molar refractivity (Wildman–Crippen MR) is 98.3 cm³/mol. The molecule has 2 saturated heterocycles. The van der Waals surface area contributed by atoms with Crippen LogP contribution in [-0.4, -0.2) is 75.3 Å². The Morgan fingerprint density at radius 2 is 1.70 bits per heavy atom. The van der Waals surface area contributed by atoms with Gasteiger partial charge in [-0.15, -0.1) is 0 Å². The van der Waals surface area contributed by atoms with Gasteiger partial charge in [0.05, 0.1) is 0 Å². The van der Waals surface area contributed by atoms with E-state index in [0.29, 0.717) is 0 Å². The SMILES string of the molecule is CC=NC(=O)N(CCSCC1CS1)CCSCC1CS1. The fourth-order valence-electron chi connectivity index (χ4n) is 1.60. The maximum Gasteiger partial charge on any atom is 0.343 e. The van der Waals surface area contributed by atoms with Gasteiger partial charge >= 0.3 is 6.03 Å². The van der Waals surface area contributed by atoms with Gasteiger partial charge in [-0.2, -0.15) is 47.0 Å². The zero-order valence-corrected chi connectivity index (χ0v) is 15.1. The molecule has 2 amide bonds. The second-order valence-electron chi connectivity index (χ2n) is 4.72. The highest BCUT2D eigenvalue weighted by Gasteiger charge is 2.23. The first-order valence-electron chi connectivity index (χ1n) is 6.96. The third-order valence-electron chi connectivity index (χ3n) is 2.93. The van der Waals surface area contributed by atoms with Crippen molar-refractivity contribution in [1.29, 1.82) is 0 Å². The fourth-order valence-corrected chi connectivity index (χ4v) is 5.55. The molecule has 2 aliphatic rings. The van der Waals surface area contributed by atoms with Crippen molar-refractivity contribution in [1.82, 2.24) is 4.90 Å². The Kier molecular flexibility index (Phi) is 8.06. The first-order valence-corrected chi connectivity index (χ1v) is 11.4. The molecule has 0 aromatic heterocycles. The Bertz CT molecular complexity index is 312. The summed E-state index contributed by atoms with van der Waals surface area (Å²) in [6, 6.07) is -0.0738. The van der Waals surface area contributed by atoms with E-state index >= 15 is 0 Å². The van der Waals surface area contributed by atoms with Crippen molar-refractivity contribution in [2.24, 2.45) is 4.99 Å². The molecule has 0 aliphatic carbocycles. The number of hydrogen-bond donors (Lipinski definition) is 0. The quantitative estimate of drug-likeness (QED) is 0.343. The minimum Gasteiger partial charge on any atom is -0.321 e. The average Bonchev–Trinajstić information content (AvgIpc) is 3.31. The number of rotatable bonds is 10. The molecule has 0 aromatic rings. The van der Waals surface area contributed by atoms with Crippen molar-refractivity contribution in [2.75, 3.05) is 47.6 Å². The van der Waals surface area contributed by atoms with Gasteiger partial charge in [0.1, 0.15) is 0 Å². The van der Waals surface area contributed by atoms with Crippen molar-refractivity contribution in [3.63, 3.8) is 0 Å². The normalized spacial score (nSPS) is 24.1. The number of aliphatic imine (C=N–C) groups is 1. The molecule has 20 heavy (non-hydrogen) atoms. The van der Waals surface area contributed by atoms with E-state index < -0.39 is 0 Å². The Hall–Kier alpha value is 0.540. The Morgan fingerprint density at radius 1 is 1.20 bits per heavy atom. The van der Waals surface area contributed by atoms with E-state index in [-0.39, 0.29) is 6.03 Å². The molecule has 2 heterocycles. The van der Waals surface area contributed by atoms with E-state index in [1.807, 2.05) is 51.9 Å². The van der Waals surface area contributed by atoms with Crippen LogP contribution in [0.4, 0.5) is 4.79 Å². The lowest BCUT2D eigenvalue weighted by atomic mass is 10.5. The summed E-state index contributed by atoms with van der Waals surface area (Å²) in [4.78, 5) is 17.7. The summed E-state index contributed by atoms with van der Waals surface area (Å²) in [5, 5.41) is 1.76. The predicted octanol–water partition coefficient (Wildman–Crippen LogP) is 3.20. The van der Waals surface area contributed by atoms with E-state index in [9.17, 15) is 4.79 Å². The van der Waals surface area contributed by atoms with Crippen LogP contribution < -0.4 is 0 Å². The first-order chi connectivity index (χ1) is 9.79. The minimum absolute atomic E-state index is 0.0738. The molecule has 0 aromatic carbocycles. The smallest absolute Gasteiger partial charge is 0.321 e. The molecule has 0 bridgehead atoms. The monoisotopic (exact) mass is 350 g/mol. The highest BCUT2D eigenvalue weighted by Crippen LogP contribution is 2.33. The van der Waals surface area contributed by atoms with Crippen molar-refractivity contribution in [3.8, 4) is 0 Å². The molecule has 2 aliphatic heterocycles. The fraction of sp³-hybridized carbons (Fsp3) is 0.846. The van der Waals surface area contributed by atoms with Crippen LogP contribution in [0.15, 0.2) is 4.99 Å². The molecule has 3 nitrogen and oxygen atoms in total. The van der Waals surface area contributed by atoms with Gasteiger partial charge < -0.3 is 4.90 Å². The Labute approximate surface area is 138 Å². The van der Waals surface area contributed by atoms with Crippen LogP contribution in [0.25, 0.3) is 0 Å². The van der Waals surface area contributed by atoms with Gasteiger partial charge in [-0.3, -0.25) is 0 Å². The topological polar surface area (TPSA) is 32.7 Å². The lowest BCUT2D eigenvalue weighted by molar-refractivity contribution is 0.214. The molecule has 2 atom stereocenters. The van der Waals surface area contributed by atoms with Gasteiger partial charge in [0.2, 0.25) is 0 Å². The van der Waals surface area contributed by atoms with Crippen molar-refractivity contribution in [2.45, 2.75) is 17.4 Å². The number of nitrogens with zero attached hydrogens (tertiary/aromatic N) is 2. The van der Waals surface area contributed by atoms with Gasteiger partial charge in [0.25, 0.3) is 0 Å². The molecule has 0 N–H and O–H groups in total. The van der Waals surface area contributed by atoms with E-state index in [4.69, 9.17) is 0 Å². The number of hydrogen-bond acceptors (Lipinski definition) is 5. The van der Waals surface area contributed by atoms with Crippen LogP contribution in [0, 0.1) is 0 Å². The molecule has 7 heteroatoms. The molecular formula is C13H22N2OS4. The third kappa shape index (κ3) is 7.52. The highest BCUT2D eigenvalue weighted by molar-refractivity contribution is 8.09. The molecule has 0 saturated carbocycles. The molecule has 0 radical (unpaired) electrons. The molecule has 2 fully saturated rings. The summed E-state index contributed by atoms with van der Waals surface area (Å²) in [5.74, 6) is 7.18. The maximum absolute atomic E-state index is 11.9. The van der Waals surface area contributed by atoms with Gasteiger partial charge in [0.15, 0.2) is 0 Å². The number of carbonyl (C=O) groups excluding carboxylic acids is 1. The third-order valence-corrected chi connectivity index (χ3v) is 7.52. The van der Waals surface area contributed by atoms with E-state index in [2.05, 4.69) is 4.99 Å². The Morgan fingerprint density at radius 3 is 2.10 bits per heavy atom. The second kappa shape index (κ2) is 9.54. The molecule has 114 valence electrons. The number of amides is 2. The van der Waals surface area contributed by atoms with E-state index in [1.165, 1.54) is 23.0 Å². The zero-order chi connectivity index (χ0) is 14.2. The molecule has 0 spiro atoms. The number of urea groups is 1. The minimum atomic E-state index is -0.0738. The largest absolute Gasteiger partial charge is 0.343 e. The second-order valence-corrected chi connectivity index (χ2v) is 9.68. The molecular weight excluding hydrogens is 328 g/mol. The average molecular weight is 351 g/mol. The van der Waals surface area contributed by atoms with Crippen molar-refractivity contribution in [3.05, 3.63) is 0 Å². The van der Waals surface area contributed by atoms with Gasteiger partial charge in [-0.1, -0.05) is 0 Å². The summed E-state index contributed by atoms with van der Waals surface area (Å²) in [6.45, 7) is 3.46. The van der Waals surface area contributed by atoms with Crippen LogP contribution in [-0.2, 0) is 0 Å². The summed E-state index contributed by atoms with van der Waals surface area (Å²) in [7, 11) is 0. The van der Waals surface area contributed by atoms with Crippen molar-refractivity contribution >= 4 is 59.3 Å². The summed E-state index contributed by atoms with van der Waals surface area (Å²) >= 11 is 8.00. The zero-order valence-electron chi connectivity index (χ0n) is 11.8. The Balaban J connectivity index is 1.60. The number of carbonyl (C=O) groups is 1. The first kappa shape index (κ1) is 16.9. The van der Waals surface area contributed by atoms with Crippen LogP contribution in [0.2, 0.25) is 0 Å². The van der Waals surface area contributed by atoms with Crippen LogP contribution in [0.1, 0.15) is 6.92 Å². The molecule has 2 unspecified atom stereocenters. The summed E-state index contributed by atoms with van der Waals surface area (Å²) in [6.07, 6.45) is 1.59. The van der Waals surface area contributed by atoms with E-state index in [0.717, 1.165) is 35.1 Å². The van der Waals surface area contributed by atoms with Gasteiger partial charge in [0, 0.05) is 64.3 Å². The lowest BCUT2D eigenvalue weighted by Gasteiger charge is -2.19. The number of thioether (sulfide) groups is 4. The summed E-state index contributed by atoms with van der Waals surface area (Å²) in [5.41, 5.74) is 0. The summed E-state index contributed by atoms with van der Waals surface area (Å²) < 4.78 is 0. The van der Waals surface area contributed by atoms with Crippen LogP contribution in [0.3, 0.4) is 0 Å². The highest BCUT2D eigenvalue weighted by atomic mass is 32.2. The van der Waals surface area contributed by atoms with Gasteiger partial charge in [-0.25, -0.2) is 9.79 Å². The standard InChI is InChI=1S/C13H22N2OS4/c1-2-14-13(16)15(3-5-17-7-11-9-19-11)4-6-18-8-12-10-20-12/h2,11-12H,3-10H2,1H3. The van der Waals surface area contributed by atoms with Gasteiger partial charge in [-0.05, 0) is 6.92 Å². The van der Waals surface area contributed by atoms with Crippen molar-refractivity contribution < 1.29 is 4.79 Å². The van der Waals surface area contributed by atoms with E-state index in [1.54, 1.807) is 13.1 Å². The lowest BCUT2D eigenvalue weighted by Crippen LogP contribution is -2.33. The van der Waals surface area contributed by atoms with Crippen LogP contribution >= 0.6 is 47.0 Å². The van der Waals surface area contributed by atoms with Crippen LogP contribution in [0.5, 0.6) is 0 Å². The molecule has 2 rings (SSSR count).